The summed E-state index contributed by atoms with van der Waals surface area (Å²) >= 11 is 0. The number of unbranched alkanes of at least 4 members (excludes halogenated alkanes) is 54. The summed E-state index contributed by atoms with van der Waals surface area (Å²) in [6.45, 7) is 4.93. The lowest BCUT2D eigenvalue weighted by atomic mass is 10.0. The van der Waals surface area contributed by atoms with E-state index in [0.29, 0.717) is 19.4 Å². The fourth-order valence-electron chi connectivity index (χ4n) is 11.3. The molecule has 2 unspecified atom stereocenters. The Morgan fingerprint density at radius 3 is 0.923 bits per heavy atom. The standard InChI is InChI=1S/C72H139NO5/c1-3-5-7-9-11-13-15-17-18-19-20-31-34-37-41-44-48-52-56-60-64-70(75)69(68-74)73-71(76)65-61-57-53-49-45-42-38-35-32-29-27-25-23-21-22-24-26-28-30-33-36-39-43-47-51-55-59-63-67-78-72(77)66-62-58-54-50-46-40-16-14-12-10-8-6-4-2/h14,16,60,64,69-70,74-75H,3-13,15,17-59,61-63,65-68H2,1-2H3,(H,73,76)/b16-14-,64-60+. The zero-order chi connectivity index (χ0) is 56.4. The minimum absolute atomic E-state index is 0.00981. The third kappa shape index (κ3) is 63.5. The number of esters is 1. The maximum Gasteiger partial charge on any atom is 0.305 e. The van der Waals surface area contributed by atoms with E-state index in [1.54, 1.807) is 6.08 Å². The monoisotopic (exact) mass is 1100 g/mol. The van der Waals surface area contributed by atoms with Crippen LogP contribution in [0.4, 0.5) is 0 Å². The van der Waals surface area contributed by atoms with Crippen molar-refractivity contribution >= 4 is 11.9 Å². The van der Waals surface area contributed by atoms with Gasteiger partial charge in [0.15, 0.2) is 0 Å². The molecule has 0 aromatic heterocycles. The fraction of sp³-hybridized carbons (Fsp3) is 0.917. The van der Waals surface area contributed by atoms with Gasteiger partial charge in [-0.1, -0.05) is 353 Å². The number of hydrogen-bond donors (Lipinski definition) is 3. The van der Waals surface area contributed by atoms with Crippen LogP contribution in [0.15, 0.2) is 24.3 Å². The van der Waals surface area contributed by atoms with Crippen molar-refractivity contribution in [2.24, 2.45) is 0 Å². The highest BCUT2D eigenvalue weighted by Gasteiger charge is 2.18. The van der Waals surface area contributed by atoms with Gasteiger partial charge in [0.25, 0.3) is 0 Å². The van der Waals surface area contributed by atoms with Crippen LogP contribution in [0, 0.1) is 0 Å². The first-order valence-corrected chi connectivity index (χ1v) is 35.6. The molecule has 6 heteroatoms. The normalized spacial score (nSPS) is 12.6. The number of allylic oxidation sites excluding steroid dienone is 3. The molecule has 0 radical (unpaired) electrons. The van der Waals surface area contributed by atoms with Gasteiger partial charge in [-0.2, -0.15) is 0 Å². The van der Waals surface area contributed by atoms with Gasteiger partial charge < -0.3 is 20.3 Å². The van der Waals surface area contributed by atoms with E-state index >= 15 is 0 Å². The molecule has 0 saturated heterocycles. The van der Waals surface area contributed by atoms with Gasteiger partial charge in [-0.15, -0.1) is 0 Å². The van der Waals surface area contributed by atoms with Crippen LogP contribution in [0.25, 0.3) is 0 Å². The second-order valence-corrected chi connectivity index (χ2v) is 24.6. The molecule has 0 fully saturated rings. The van der Waals surface area contributed by atoms with Crippen LogP contribution in [0.2, 0.25) is 0 Å². The Morgan fingerprint density at radius 2 is 0.603 bits per heavy atom. The van der Waals surface area contributed by atoms with E-state index in [9.17, 15) is 19.8 Å². The molecule has 0 spiro atoms. The Balaban J connectivity index is 3.37. The molecule has 0 heterocycles. The lowest BCUT2D eigenvalue weighted by Gasteiger charge is -2.20. The zero-order valence-electron chi connectivity index (χ0n) is 52.9. The molecule has 1 amide bonds. The number of hydrogen-bond acceptors (Lipinski definition) is 5. The molecule has 3 N–H and O–H groups in total. The topological polar surface area (TPSA) is 95.9 Å². The number of aliphatic hydroxyl groups excluding tert-OH is 2. The average molecular weight is 1100 g/mol. The van der Waals surface area contributed by atoms with Crippen LogP contribution >= 0.6 is 0 Å². The predicted molar refractivity (Wildman–Crippen MR) is 343 cm³/mol. The second-order valence-electron chi connectivity index (χ2n) is 24.6. The number of amides is 1. The quantitative estimate of drug-likeness (QED) is 0.0320. The van der Waals surface area contributed by atoms with Crippen molar-refractivity contribution in [3.05, 3.63) is 24.3 Å². The van der Waals surface area contributed by atoms with Crippen molar-refractivity contribution in [3.63, 3.8) is 0 Å². The van der Waals surface area contributed by atoms with Crippen molar-refractivity contribution in [3.8, 4) is 0 Å². The highest BCUT2D eigenvalue weighted by atomic mass is 16.5. The average Bonchev–Trinajstić information content (AvgIpc) is 3.44. The maximum atomic E-state index is 12.5. The molecule has 0 aliphatic carbocycles. The highest BCUT2D eigenvalue weighted by molar-refractivity contribution is 5.76. The van der Waals surface area contributed by atoms with Crippen molar-refractivity contribution in [2.45, 2.75) is 411 Å². The molecule has 462 valence electrons. The molecular formula is C72H139NO5. The minimum Gasteiger partial charge on any atom is -0.466 e. The number of rotatable bonds is 67. The van der Waals surface area contributed by atoms with Gasteiger partial charge in [0, 0.05) is 12.8 Å². The number of nitrogens with one attached hydrogen (secondary N) is 1. The molecular weight excluding hydrogens is 959 g/mol. The van der Waals surface area contributed by atoms with E-state index in [2.05, 4.69) is 31.3 Å². The van der Waals surface area contributed by atoms with Crippen molar-refractivity contribution < 1.29 is 24.5 Å². The summed E-state index contributed by atoms with van der Waals surface area (Å²) in [6, 6.07) is -0.626. The van der Waals surface area contributed by atoms with Crippen LogP contribution in [0.3, 0.4) is 0 Å². The van der Waals surface area contributed by atoms with E-state index in [1.165, 1.54) is 327 Å². The summed E-state index contributed by atoms with van der Waals surface area (Å²) in [6.07, 6.45) is 85.5. The van der Waals surface area contributed by atoms with Gasteiger partial charge in [0.05, 0.1) is 25.4 Å². The van der Waals surface area contributed by atoms with Gasteiger partial charge in [-0.3, -0.25) is 9.59 Å². The van der Waals surface area contributed by atoms with Gasteiger partial charge in [-0.25, -0.2) is 0 Å². The molecule has 2 atom stereocenters. The van der Waals surface area contributed by atoms with Gasteiger partial charge in [-0.05, 0) is 57.8 Å². The Labute approximate surface area is 488 Å². The first-order valence-electron chi connectivity index (χ1n) is 35.6. The lowest BCUT2D eigenvalue weighted by Crippen LogP contribution is -2.45. The van der Waals surface area contributed by atoms with Gasteiger partial charge >= 0.3 is 5.97 Å². The summed E-state index contributed by atoms with van der Waals surface area (Å²) in [5.41, 5.74) is 0. The molecule has 6 nitrogen and oxygen atoms in total. The van der Waals surface area contributed by atoms with Gasteiger partial charge in [0.1, 0.15) is 0 Å². The van der Waals surface area contributed by atoms with Crippen LogP contribution in [0.1, 0.15) is 399 Å². The lowest BCUT2D eigenvalue weighted by molar-refractivity contribution is -0.143. The molecule has 0 bridgehead atoms. The molecule has 78 heavy (non-hydrogen) atoms. The minimum atomic E-state index is -0.843. The fourth-order valence-corrected chi connectivity index (χ4v) is 11.3. The van der Waals surface area contributed by atoms with Crippen LogP contribution in [-0.2, 0) is 14.3 Å². The number of ether oxygens (including phenoxy) is 1. The third-order valence-corrected chi connectivity index (χ3v) is 16.7. The van der Waals surface area contributed by atoms with Crippen molar-refractivity contribution in [1.29, 1.82) is 0 Å². The number of carbonyl (C=O) groups is 2. The number of aliphatic hydroxyl groups is 2. The SMILES string of the molecule is CCCCCC/C=C\CCCCCCCC(=O)OCCCCCCCCCCCCCCCCCCCCCCCCCCCCCCC(=O)NC(CO)C(O)/C=C/CCCCCCCCCCCCCCCCCCCC. The van der Waals surface area contributed by atoms with Gasteiger partial charge in [0.2, 0.25) is 5.91 Å². The number of carbonyl (C=O) groups excluding carboxylic acids is 2. The highest BCUT2D eigenvalue weighted by Crippen LogP contribution is 2.19. The van der Waals surface area contributed by atoms with E-state index in [-0.39, 0.29) is 18.5 Å². The molecule has 0 aliphatic heterocycles. The maximum absolute atomic E-state index is 12.5. The van der Waals surface area contributed by atoms with Crippen molar-refractivity contribution in [1.82, 2.24) is 5.32 Å². The Kier molecular flexibility index (Phi) is 66.4. The smallest absolute Gasteiger partial charge is 0.305 e. The first-order chi connectivity index (χ1) is 38.5. The summed E-state index contributed by atoms with van der Waals surface area (Å²) in [5.74, 6) is -0.0511. The third-order valence-electron chi connectivity index (χ3n) is 16.7. The Bertz CT molecular complexity index is 1220. The van der Waals surface area contributed by atoms with E-state index < -0.39 is 12.1 Å². The molecule has 0 rings (SSSR count). The van der Waals surface area contributed by atoms with Crippen LogP contribution in [-0.4, -0.2) is 47.4 Å². The zero-order valence-corrected chi connectivity index (χ0v) is 52.9. The summed E-state index contributed by atoms with van der Waals surface area (Å²) < 4.78 is 5.48. The van der Waals surface area contributed by atoms with E-state index in [1.807, 2.05) is 6.08 Å². The second kappa shape index (κ2) is 67.8. The van der Waals surface area contributed by atoms with Crippen LogP contribution < -0.4 is 5.32 Å². The largest absolute Gasteiger partial charge is 0.466 e. The Hall–Kier alpha value is -1.66. The summed E-state index contributed by atoms with van der Waals surface area (Å²) in [7, 11) is 0. The molecule has 0 aromatic carbocycles. The van der Waals surface area contributed by atoms with E-state index in [4.69, 9.17) is 4.74 Å². The summed E-state index contributed by atoms with van der Waals surface area (Å²) in [5, 5.41) is 23.2. The van der Waals surface area contributed by atoms with Crippen LogP contribution in [0.5, 0.6) is 0 Å². The Morgan fingerprint density at radius 1 is 0.346 bits per heavy atom. The molecule has 0 aliphatic rings. The van der Waals surface area contributed by atoms with Crippen molar-refractivity contribution in [2.75, 3.05) is 13.2 Å². The summed E-state index contributed by atoms with van der Waals surface area (Å²) in [4.78, 5) is 24.6. The van der Waals surface area contributed by atoms with E-state index in [0.717, 1.165) is 44.9 Å². The predicted octanol–water partition coefficient (Wildman–Crippen LogP) is 22.9. The first kappa shape index (κ1) is 76.3. The molecule has 0 saturated carbocycles. The molecule has 0 aromatic rings.